The van der Waals surface area contributed by atoms with Crippen LogP contribution in [-0.4, -0.2) is 25.3 Å². The molecule has 0 aliphatic carbocycles. The van der Waals surface area contributed by atoms with Crippen molar-refractivity contribution < 1.29 is 4.52 Å². The maximum atomic E-state index is 9.29. The molecule has 9 heteroatoms. The van der Waals surface area contributed by atoms with Gasteiger partial charge < -0.3 is 10.3 Å². The number of nitriles is 1. The Morgan fingerprint density at radius 3 is 2.73 bits per heavy atom. The molecule has 0 unspecified atom stereocenters. The molecule has 0 aliphatic rings. The maximum Gasteiger partial charge on any atom is 0.190 e. The topological polar surface area (TPSA) is 130 Å². The van der Waals surface area contributed by atoms with Gasteiger partial charge in [0.2, 0.25) is 0 Å². The van der Waals surface area contributed by atoms with E-state index in [9.17, 15) is 5.26 Å². The number of nitrogens with one attached hydrogen (secondary N) is 1. The highest BCUT2D eigenvalue weighted by molar-refractivity contribution is 6.35. The molecule has 128 valence electrons. The summed E-state index contributed by atoms with van der Waals surface area (Å²) in [6.45, 7) is 3.70. The van der Waals surface area contributed by atoms with E-state index in [1.807, 2.05) is 26.0 Å². The van der Waals surface area contributed by atoms with Gasteiger partial charge in [-0.2, -0.15) is 10.4 Å². The summed E-state index contributed by atoms with van der Waals surface area (Å²) < 4.78 is 5.43. The fourth-order valence-corrected chi connectivity index (χ4v) is 2.95. The molecule has 4 aromatic rings. The quantitative estimate of drug-likeness (QED) is 0.556. The lowest BCUT2D eigenvalue weighted by atomic mass is 10.0. The summed E-state index contributed by atoms with van der Waals surface area (Å²) in [5.74, 6) is 0.472. The van der Waals surface area contributed by atoms with Crippen molar-refractivity contribution in [2.75, 3.05) is 5.73 Å². The standard InChI is InChI=1S/C17H12ClN7O/c1-7-8(2)25-26-16(7)15-14(22-12(5-19)17(20)23-15)9-3-10-6-21-24-13(10)11(18)4-9/h3-4,6H,1-2H3,(H2,20,23)(H,21,24). The van der Waals surface area contributed by atoms with Crippen molar-refractivity contribution in [2.45, 2.75) is 13.8 Å². The van der Waals surface area contributed by atoms with Crippen LogP contribution in [0.5, 0.6) is 0 Å². The van der Waals surface area contributed by atoms with Crippen molar-refractivity contribution in [3.8, 4) is 28.8 Å². The second kappa shape index (κ2) is 5.82. The van der Waals surface area contributed by atoms with Gasteiger partial charge in [-0.25, -0.2) is 9.97 Å². The molecule has 0 radical (unpaired) electrons. The van der Waals surface area contributed by atoms with Gasteiger partial charge in [0.25, 0.3) is 0 Å². The number of hydrogen-bond donors (Lipinski definition) is 2. The minimum atomic E-state index is 0.0233. The Hall–Kier alpha value is -3.44. The Labute approximate surface area is 152 Å². The van der Waals surface area contributed by atoms with E-state index < -0.39 is 0 Å². The third-order valence-corrected chi connectivity index (χ3v) is 4.47. The number of fused-ring (bicyclic) bond motifs is 1. The van der Waals surface area contributed by atoms with Gasteiger partial charge in [0.1, 0.15) is 17.5 Å². The molecule has 0 amide bonds. The number of nitrogens with two attached hydrogens (primary N) is 1. The van der Waals surface area contributed by atoms with Crippen molar-refractivity contribution in [1.29, 1.82) is 5.26 Å². The molecule has 0 bridgehead atoms. The molecule has 0 fully saturated rings. The van der Waals surface area contributed by atoms with E-state index in [0.29, 0.717) is 33.3 Å². The number of rotatable bonds is 2. The Morgan fingerprint density at radius 2 is 2.04 bits per heavy atom. The van der Waals surface area contributed by atoms with Gasteiger partial charge >= 0.3 is 0 Å². The van der Waals surface area contributed by atoms with Crippen LogP contribution in [0.4, 0.5) is 5.82 Å². The lowest BCUT2D eigenvalue weighted by Crippen LogP contribution is -2.03. The Morgan fingerprint density at radius 1 is 1.23 bits per heavy atom. The first-order chi connectivity index (χ1) is 12.5. The number of aryl methyl sites for hydroxylation is 1. The van der Waals surface area contributed by atoms with Gasteiger partial charge in [-0.3, -0.25) is 5.10 Å². The van der Waals surface area contributed by atoms with E-state index in [0.717, 1.165) is 16.6 Å². The van der Waals surface area contributed by atoms with E-state index in [2.05, 4.69) is 25.3 Å². The number of anilines is 1. The summed E-state index contributed by atoms with van der Waals surface area (Å²) in [7, 11) is 0. The summed E-state index contributed by atoms with van der Waals surface area (Å²) in [5, 5.41) is 21.4. The first-order valence-corrected chi connectivity index (χ1v) is 8.01. The summed E-state index contributed by atoms with van der Waals surface area (Å²) in [4.78, 5) is 8.75. The highest BCUT2D eigenvalue weighted by Crippen LogP contribution is 2.36. The van der Waals surface area contributed by atoms with E-state index in [1.165, 1.54) is 0 Å². The molecule has 0 atom stereocenters. The first-order valence-electron chi connectivity index (χ1n) is 7.63. The molecule has 0 saturated carbocycles. The first kappa shape index (κ1) is 16.1. The predicted octanol–water partition coefficient (Wildman–Crippen LogP) is 3.40. The van der Waals surface area contributed by atoms with Gasteiger partial charge in [0.15, 0.2) is 17.3 Å². The number of benzene rings is 1. The molecule has 3 aromatic heterocycles. The normalized spacial score (nSPS) is 11.0. The lowest BCUT2D eigenvalue weighted by molar-refractivity contribution is 0.425. The van der Waals surface area contributed by atoms with Crippen LogP contribution in [0.1, 0.15) is 17.0 Å². The second-order valence-corrected chi connectivity index (χ2v) is 6.19. The predicted molar refractivity (Wildman–Crippen MR) is 96.2 cm³/mol. The Balaban J connectivity index is 2.05. The molecular formula is C17H12ClN7O. The van der Waals surface area contributed by atoms with Crippen molar-refractivity contribution >= 4 is 28.3 Å². The molecule has 3 N–H and O–H groups in total. The van der Waals surface area contributed by atoms with E-state index in [-0.39, 0.29) is 11.5 Å². The Kier molecular flexibility index (Phi) is 3.60. The van der Waals surface area contributed by atoms with Gasteiger partial charge in [-0.1, -0.05) is 16.8 Å². The van der Waals surface area contributed by atoms with Crippen molar-refractivity contribution in [3.63, 3.8) is 0 Å². The number of hydrogen-bond acceptors (Lipinski definition) is 7. The summed E-state index contributed by atoms with van der Waals surface area (Å²) >= 11 is 6.35. The summed E-state index contributed by atoms with van der Waals surface area (Å²) in [6.07, 6.45) is 1.66. The minimum Gasteiger partial charge on any atom is -0.381 e. The fraction of sp³-hybridized carbons (Fsp3) is 0.118. The highest BCUT2D eigenvalue weighted by atomic mass is 35.5. The van der Waals surface area contributed by atoms with Crippen LogP contribution in [0.25, 0.3) is 33.6 Å². The van der Waals surface area contributed by atoms with Crippen LogP contribution in [0.2, 0.25) is 5.02 Å². The van der Waals surface area contributed by atoms with Crippen LogP contribution in [0.3, 0.4) is 0 Å². The average Bonchev–Trinajstić information content (AvgIpc) is 3.22. The molecule has 26 heavy (non-hydrogen) atoms. The van der Waals surface area contributed by atoms with E-state index in [4.69, 9.17) is 21.9 Å². The number of H-pyrrole nitrogens is 1. The van der Waals surface area contributed by atoms with Crippen molar-refractivity contribution in [2.24, 2.45) is 0 Å². The van der Waals surface area contributed by atoms with Crippen molar-refractivity contribution in [3.05, 3.63) is 40.3 Å². The second-order valence-electron chi connectivity index (χ2n) is 5.78. The smallest absolute Gasteiger partial charge is 0.190 e. The van der Waals surface area contributed by atoms with Gasteiger partial charge in [-0.15, -0.1) is 0 Å². The van der Waals surface area contributed by atoms with Crippen LogP contribution in [-0.2, 0) is 0 Å². The molecular weight excluding hydrogens is 354 g/mol. The van der Waals surface area contributed by atoms with Crippen LogP contribution in [0.15, 0.2) is 22.9 Å². The number of nitrogens with zero attached hydrogens (tertiary/aromatic N) is 5. The molecule has 8 nitrogen and oxygen atoms in total. The summed E-state index contributed by atoms with van der Waals surface area (Å²) in [5.41, 5.74) is 9.67. The zero-order chi connectivity index (χ0) is 18.4. The molecule has 0 saturated heterocycles. The van der Waals surface area contributed by atoms with E-state index in [1.54, 1.807) is 12.3 Å². The molecule has 1 aromatic carbocycles. The molecule has 0 spiro atoms. The van der Waals surface area contributed by atoms with Crippen molar-refractivity contribution in [1.82, 2.24) is 25.3 Å². The highest BCUT2D eigenvalue weighted by Gasteiger charge is 2.22. The number of aromatic nitrogens is 5. The zero-order valence-corrected chi connectivity index (χ0v) is 14.6. The minimum absolute atomic E-state index is 0.0233. The van der Waals surface area contributed by atoms with E-state index >= 15 is 0 Å². The average molecular weight is 366 g/mol. The fourth-order valence-electron chi connectivity index (χ4n) is 2.68. The van der Waals surface area contributed by atoms with Crippen LogP contribution in [0, 0.1) is 25.2 Å². The number of nitrogen functional groups attached to an aromatic ring is 1. The van der Waals surface area contributed by atoms with Gasteiger partial charge in [-0.05, 0) is 26.0 Å². The monoisotopic (exact) mass is 365 g/mol. The zero-order valence-electron chi connectivity index (χ0n) is 13.8. The summed E-state index contributed by atoms with van der Waals surface area (Å²) in [6, 6.07) is 5.54. The van der Waals surface area contributed by atoms with Gasteiger partial charge in [0.05, 0.1) is 22.4 Å². The Bertz CT molecular complexity index is 1200. The maximum absolute atomic E-state index is 9.29. The largest absolute Gasteiger partial charge is 0.381 e. The van der Waals surface area contributed by atoms with Crippen LogP contribution >= 0.6 is 11.6 Å². The van der Waals surface area contributed by atoms with Gasteiger partial charge in [0, 0.05) is 16.5 Å². The third-order valence-electron chi connectivity index (χ3n) is 4.18. The molecule has 3 heterocycles. The van der Waals surface area contributed by atoms with Crippen LogP contribution < -0.4 is 5.73 Å². The number of aromatic amines is 1. The molecule has 0 aliphatic heterocycles. The lowest BCUT2D eigenvalue weighted by Gasteiger charge is -2.09. The number of halogens is 1. The SMILES string of the molecule is Cc1noc(-c2nc(N)c(C#N)nc2-c2cc(Cl)c3[nH]ncc3c2)c1C. The molecule has 4 rings (SSSR count). The third kappa shape index (κ3) is 2.37.